The average molecular weight is 605 g/mol. The van der Waals surface area contributed by atoms with E-state index in [9.17, 15) is 19.0 Å². The molecular formula is C32H33N2O8P. The van der Waals surface area contributed by atoms with Crippen molar-refractivity contribution >= 4 is 8.03 Å². The van der Waals surface area contributed by atoms with E-state index in [2.05, 4.69) is 4.98 Å². The summed E-state index contributed by atoms with van der Waals surface area (Å²) in [7, 11) is 0.211. The van der Waals surface area contributed by atoms with Crippen molar-refractivity contribution in [1.82, 2.24) is 9.55 Å². The summed E-state index contributed by atoms with van der Waals surface area (Å²) in [6, 6.07) is 27.0. The van der Waals surface area contributed by atoms with Gasteiger partial charge < -0.3 is 23.8 Å². The van der Waals surface area contributed by atoms with Gasteiger partial charge in [-0.1, -0.05) is 77.4 Å². The zero-order chi connectivity index (χ0) is 30.6. The molecule has 0 saturated carbocycles. The van der Waals surface area contributed by atoms with Gasteiger partial charge in [0.1, 0.15) is 17.5 Å². The molecule has 11 heteroatoms. The summed E-state index contributed by atoms with van der Waals surface area (Å²) < 4.78 is 37.8. The number of H-pyrrole nitrogens is 1. The van der Waals surface area contributed by atoms with Crippen molar-refractivity contribution < 1.29 is 28.4 Å². The van der Waals surface area contributed by atoms with Crippen molar-refractivity contribution in [2.45, 2.75) is 31.0 Å². The van der Waals surface area contributed by atoms with Crippen molar-refractivity contribution in [3.8, 4) is 5.75 Å². The molecule has 43 heavy (non-hydrogen) atoms. The van der Waals surface area contributed by atoms with E-state index in [1.165, 1.54) is 17.9 Å². The first-order valence-corrected chi connectivity index (χ1v) is 15.2. The van der Waals surface area contributed by atoms with Crippen LogP contribution in [0.2, 0.25) is 0 Å². The molecule has 0 radical (unpaired) electrons. The molecule has 1 unspecified atom stereocenters. The summed E-state index contributed by atoms with van der Waals surface area (Å²) in [6.45, 7) is 1.53. The van der Waals surface area contributed by atoms with E-state index >= 15 is 0 Å². The predicted molar refractivity (Wildman–Crippen MR) is 158 cm³/mol. The van der Waals surface area contributed by atoms with Gasteiger partial charge in [0.05, 0.1) is 25.7 Å². The molecule has 5 rings (SSSR count). The van der Waals surface area contributed by atoms with Crippen LogP contribution in [0.4, 0.5) is 0 Å². The molecular weight excluding hydrogens is 571 g/mol. The number of hydrogen-bond donors (Lipinski definition) is 1. The van der Waals surface area contributed by atoms with Crippen LogP contribution in [0.15, 0.2) is 101 Å². The molecule has 10 nitrogen and oxygen atoms in total. The van der Waals surface area contributed by atoms with E-state index < -0.39 is 49.2 Å². The first-order chi connectivity index (χ1) is 20.8. The minimum absolute atomic E-state index is 0.0445. The molecule has 1 aliphatic rings. The molecule has 0 bridgehead atoms. The topological polar surface area (TPSA) is 132 Å². The lowest BCUT2D eigenvalue weighted by molar-refractivity contribution is -0.165. The Morgan fingerprint density at radius 3 is 2.05 bits per heavy atom. The van der Waals surface area contributed by atoms with Gasteiger partial charge in [-0.05, 0) is 35.7 Å². The van der Waals surface area contributed by atoms with Crippen LogP contribution < -0.4 is 20.9 Å². The molecule has 0 amide bonds. The van der Waals surface area contributed by atoms with Crippen LogP contribution in [0.5, 0.6) is 5.75 Å². The van der Waals surface area contributed by atoms with Gasteiger partial charge in [-0.2, -0.15) is 0 Å². The molecule has 2 heterocycles. The summed E-state index contributed by atoms with van der Waals surface area (Å²) in [6.07, 6.45) is -1.45. The number of benzene rings is 3. The van der Waals surface area contributed by atoms with Crippen molar-refractivity contribution in [2.24, 2.45) is 5.92 Å². The Balaban J connectivity index is 1.60. The van der Waals surface area contributed by atoms with Crippen LogP contribution in [0.25, 0.3) is 0 Å². The Labute approximate surface area is 249 Å². The molecule has 1 N–H and O–H groups in total. The number of nitrogens with zero attached hydrogens (tertiary/aromatic N) is 1. The van der Waals surface area contributed by atoms with E-state index in [0.29, 0.717) is 11.3 Å². The first kappa shape index (κ1) is 30.5. The fraction of sp³-hybridized carbons (Fsp3) is 0.312. The minimum atomic E-state index is -2.83. The number of hydrogen-bond acceptors (Lipinski definition) is 8. The number of ether oxygens (including phenoxy) is 4. The zero-order valence-electron chi connectivity index (χ0n) is 24.0. The zero-order valence-corrected chi connectivity index (χ0v) is 24.9. The average Bonchev–Trinajstić information content (AvgIpc) is 3.36. The molecule has 1 saturated heterocycles. The fourth-order valence-corrected chi connectivity index (χ4v) is 6.54. The maximum atomic E-state index is 12.8. The van der Waals surface area contributed by atoms with E-state index in [1.807, 2.05) is 84.9 Å². The van der Waals surface area contributed by atoms with Crippen LogP contribution in [-0.2, 0) is 24.4 Å². The summed E-state index contributed by atoms with van der Waals surface area (Å²) in [5.41, 5.74) is 0.511. The minimum Gasteiger partial charge on any atom is -0.596 e. The molecule has 5 atom stereocenters. The van der Waals surface area contributed by atoms with Gasteiger partial charge in [0.15, 0.2) is 12.4 Å². The fourth-order valence-electron chi connectivity index (χ4n) is 5.76. The number of rotatable bonds is 11. The second-order valence-corrected chi connectivity index (χ2v) is 11.4. The van der Waals surface area contributed by atoms with Crippen LogP contribution in [0.3, 0.4) is 0 Å². The lowest BCUT2D eigenvalue weighted by Gasteiger charge is -2.37. The Kier molecular flexibility index (Phi) is 9.34. The molecule has 1 fully saturated rings. The highest BCUT2D eigenvalue weighted by atomic mass is 31.1. The second-order valence-electron chi connectivity index (χ2n) is 10.4. The van der Waals surface area contributed by atoms with Crippen molar-refractivity contribution in [3.05, 3.63) is 134 Å². The molecule has 3 aromatic carbocycles. The summed E-state index contributed by atoms with van der Waals surface area (Å²) in [4.78, 5) is 39.2. The molecule has 0 aliphatic carbocycles. The highest BCUT2D eigenvalue weighted by Crippen LogP contribution is 2.44. The summed E-state index contributed by atoms with van der Waals surface area (Å²) in [5.74, 6) is 0.0139. The number of aromatic nitrogens is 2. The van der Waals surface area contributed by atoms with Gasteiger partial charge in [-0.25, -0.2) is 4.79 Å². The third-order valence-electron chi connectivity index (χ3n) is 7.87. The van der Waals surface area contributed by atoms with E-state index in [4.69, 9.17) is 18.9 Å². The lowest BCUT2D eigenvalue weighted by Crippen LogP contribution is -2.39. The van der Waals surface area contributed by atoms with Crippen LogP contribution >= 0.6 is 8.03 Å². The SMILES string of the molecule is COc1ccc(C(OC[C@H]2O[C@@H](n3cc(C)c(=O)[nH]c3=O)[C@H](OC)[C@@H]2C[P+](=O)[O-])(c2ccccc2)c2ccccc2)cc1. The third kappa shape index (κ3) is 6.11. The van der Waals surface area contributed by atoms with Crippen molar-refractivity contribution in [1.29, 1.82) is 0 Å². The number of nitrogens with one attached hydrogen (secondary N) is 1. The summed E-state index contributed by atoms with van der Waals surface area (Å²) >= 11 is 0. The third-order valence-corrected chi connectivity index (χ3v) is 8.59. The summed E-state index contributed by atoms with van der Waals surface area (Å²) in [5, 5.41) is 0. The number of methoxy groups -OCH3 is 2. The Morgan fingerprint density at radius 2 is 1.51 bits per heavy atom. The Morgan fingerprint density at radius 1 is 0.930 bits per heavy atom. The van der Waals surface area contributed by atoms with Gasteiger partial charge in [0.2, 0.25) is 0 Å². The molecule has 1 aromatic heterocycles. The van der Waals surface area contributed by atoms with Crippen molar-refractivity contribution in [3.63, 3.8) is 0 Å². The normalized spacial score (nSPS) is 20.6. The van der Waals surface area contributed by atoms with Crippen LogP contribution in [0, 0.1) is 12.8 Å². The highest BCUT2D eigenvalue weighted by Gasteiger charge is 2.50. The molecule has 1 aliphatic heterocycles. The molecule has 224 valence electrons. The van der Waals surface area contributed by atoms with E-state index in [-0.39, 0.29) is 12.8 Å². The lowest BCUT2D eigenvalue weighted by atomic mass is 9.80. The molecule has 4 aromatic rings. The van der Waals surface area contributed by atoms with E-state index in [0.717, 1.165) is 16.7 Å². The monoisotopic (exact) mass is 604 g/mol. The standard InChI is InChI=1S/C32H33N2O8P/c1-21-18-34(31(36)33-29(21)35)30-28(40-3)26(20-43(37)38)27(42-30)19-41-32(22-10-6-4-7-11-22,23-12-8-5-9-13-23)24-14-16-25(39-2)17-15-24/h4-18,26-28,30H,19-20H2,1-3H3,(H,33,35,36)/t26-,27-,28-,30-/m1/s1. The number of aromatic amines is 1. The predicted octanol–water partition coefficient (Wildman–Crippen LogP) is 3.49. The quantitative estimate of drug-likeness (QED) is 0.203. The van der Waals surface area contributed by atoms with Gasteiger partial charge in [0, 0.05) is 18.9 Å². The van der Waals surface area contributed by atoms with Gasteiger partial charge in [-0.3, -0.25) is 14.3 Å². The van der Waals surface area contributed by atoms with Crippen LogP contribution in [-0.4, -0.2) is 48.7 Å². The number of aryl methyl sites for hydroxylation is 1. The maximum Gasteiger partial charge on any atom is 0.330 e. The van der Waals surface area contributed by atoms with Crippen LogP contribution in [0.1, 0.15) is 28.5 Å². The van der Waals surface area contributed by atoms with Gasteiger partial charge in [-0.15, -0.1) is 0 Å². The largest absolute Gasteiger partial charge is 0.596 e. The molecule has 0 spiro atoms. The smallest absolute Gasteiger partial charge is 0.330 e. The Bertz CT molecular complexity index is 1620. The van der Waals surface area contributed by atoms with Crippen molar-refractivity contribution in [2.75, 3.05) is 27.0 Å². The second kappa shape index (κ2) is 13.2. The van der Waals surface area contributed by atoms with Gasteiger partial charge in [0.25, 0.3) is 5.56 Å². The first-order valence-electron chi connectivity index (χ1n) is 13.8. The van der Waals surface area contributed by atoms with E-state index in [1.54, 1.807) is 14.0 Å². The Hall–Kier alpha value is -3.92. The maximum absolute atomic E-state index is 12.8. The van der Waals surface area contributed by atoms with Gasteiger partial charge >= 0.3 is 13.7 Å². The highest BCUT2D eigenvalue weighted by molar-refractivity contribution is 7.36.